The number of benzene rings is 1. The highest BCUT2D eigenvalue weighted by Crippen LogP contribution is 2.19. The number of aromatic nitrogens is 2. The van der Waals surface area contributed by atoms with Gasteiger partial charge in [-0.3, -0.25) is 9.59 Å². The van der Waals surface area contributed by atoms with Crippen LogP contribution in [-0.4, -0.2) is 34.1 Å². The first-order valence-corrected chi connectivity index (χ1v) is 8.82. The molecule has 0 unspecified atom stereocenters. The van der Waals surface area contributed by atoms with Gasteiger partial charge in [0.2, 0.25) is 11.8 Å². The van der Waals surface area contributed by atoms with Crippen LogP contribution in [0.3, 0.4) is 0 Å². The molecular weight excluding hydrogens is 381 g/mol. The van der Waals surface area contributed by atoms with E-state index >= 15 is 0 Å². The van der Waals surface area contributed by atoms with E-state index in [4.69, 9.17) is 0 Å². The van der Waals surface area contributed by atoms with Crippen LogP contribution in [0.25, 0.3) is 0 Å². The van der Waals surface area contributed by atoms with Gasteiger partial charge in [0.1, 0.15) is 0 Å². The van der Waals surface area contributed by atoms with Crippen LogP contribution in [0, 0.1) is 38.2 Å². The predicted octanol–water partition coefficient (Wildman–Crippen LogP) is 2.67. The van der Waals surface area contributed by atoms with Crippen molar-refractivity contribution in [3.8, 4) is 0 Å². The number of halogens is 3. The molecule has 2 amide bonds. The summed E-state index contributed by atoms with van der Waals surface area (Å²) in [5, 5.41) is 4.85. The summed E-state index contributed by atoms with van der Waals surface area (Å²) in [6, 6.07) is 1.58. The third-order valence-electron chi connectivity index (χ3n) is 3.70. The summed E-state index contributed by atoms with van der Waals surface area (Å²) in [4.78, 5) is 32.1. The number of hydrogen-bond acceptors (Lipinski definition) is 5. The van der Waals surface area contributed by atoms with Crippen molar-refractivity contribution < 1.29 is 22.8 Å². The second-order valence-corrected chi connectivity index (χ2v) is 6.58. The minimum absolute atomic E-state index is 0.0191. The molecule has 6 nitrogen and oxygen atoms in total. The van der Waals surface area contributed by atoms with Crippen LogP contribution >= 0.6 is 11.8 Å². The molecule has 2 N–H and O–H groups in total. The van der Waals surface area contributed by atoms with E-state index in [1.54, 1.807) is 0 Å². The van der Waals surface area contributed by atoms with E-state index in [1.807, 2.05) is 20.8 Å². The Labute approximate surface area is 158 Å². The van der Waals surface area contributed by atoms with Crippen molar-refractivity contribution in [3.05, 3.63) is 46.5 Å². The van der Waals surface area contributed by atoms with E-state index in [-0.39, 0.29) is 5.75 Å². The third-order valence-corrected chi connectivity index (χ3v) is 4.55. The molecule has 0 aliphatic carbocycles. The molecule has 27 heavy (non-hydrogen) atoms. The van der Waals surface area contributed by atoms with Gasteiger partial charge >= 0.3 is 0 Å². The lowest BCUT2D eigenvalue weighted by atomic mass is 10.2. The molecular formula is C17H17F3N4O2S. The fourth-order valence-electron chi connectivity index (χ4n) is 1.98. The molecule has 0 fully saturated rings. The summed E-state index contributed by atoms with van der Waals surface area (Å²) in [7, 11) is 0. The molecule has 2 rings (SSSR count). The number of nitrogens with zero attached hydrogens (tertiary/aromatic N) is 2. The zero-order valence-electron chi connectivity index (χ0n) is 14.8. The van der Waals surface area contributed by atoms with Crippen molar-refractivity contribution in [1.82, 2.24) is 15.3 Å². The smallest absolute Gasteiger partial charge is 0.243 e. The Morgan fingerprint density at radius 2 is 1.63 bits per heavy atom. The van der Waals surface area contributed by atoms with Crippen LogP contribution in [0.5, 0.6) is 0 Å². The summed E-state index contributed by atoms with van der Waals surface area (Å²) in [6.07, 6.45) is 0. The first-order valence-electron chi connectivity index (χ1n) is 7.83. The van der Waals surface area contributed by atoms with Gasteiger partial charge in [-0.1, -0.05) is 11.8 Å². The SMILES string of the molecule is Cc1nc(SCC(=O)NCC(=O)Nc2ccc(F)c(F)c2F)nc(C)c1C. The lowest BCUT2D eigenvalue weighted by Gasteiger charge is -2.09. The van der Waals surface area contributed by atoms with Gasteiger partial charge in [-0.05, 0) is 38.5 Å². The Morgan fingerprint density at radius 3 is 2.26 bits per heavy atom. The predicted molar refractivity (Wildman–Crippen MR) is 94.9 cm³/mol. The normalized spacial score (nSPS) is 10.6. The lowest BCUT2D eigenvalue weighted by molar-refractivity contribution is -0.122. The van der Waals surface area contributed by atoms with Gasteiger partial charge in [0.15, 0.2) is 22.6 Å². The number of thioether (sulfide) groups is 1. The number of anilines is 1. The number of amides is 2. The number of hydrogen-bond donors (Lipinski definition) is 2. The van der Waals surface area contributed by atoms with Crippen LogP contribution in [0.1, 0.15) is 17.0 Å². The second kappa shape index (κ2) is 8.85. The summed E-state index contributed by atoms with van der Waals surface area (Å²) in [5.41, 5.74) is 2.10. The second-order valence-electron chi connectivity index (χ2n) is 5.64. The Bertz CT molecular complexity index is 870. The largest absolute Gasteiger partial charge is 0.346 e. The maximum atomic E-state index is 13.5. The van der Waals surface area contributed by atoms with Crippen LogP contribution in [0.15, 0.2) is 17.3 Å². The number of carbonyl (C=O) groups is 2. The number of carbonyl (C=O) groups excluding carboxylic acids is 2. The Kier molecular flexibility index (Phi) is 6.78. The van der Waals surface area contributed by atoms with Crippen molar-refractivity contribution in [2.75, 3.05) is 17.6 Å². The fourth-order valence-corrected chi connectivity index (χ4v) is 2.75. The molecule has 144 valence electrons. The Hall–Kier alpha value is -2.62. The molecule has 1 heterocycles. The molecule has 0 radical (unpaired) electrons. The minimum Gasteiger partial charge on any atom is -0.346 e. The fraction of sp³-hybridized carbons (Fsp3) is 0.294. The van der Waals surface area contributed by atoms with Crippen LogP contribution < -0.4 is 10.6 Å². The molecule has 10 heteroatoms. The van der Waals surface area contributed by atoms with Crippen molar-refractivity contribution in [3.63, 3.8) is 0 Å². The highest BCUT2D eigenvalue weighted by Gasteiger charge is 2.16. The minimum atomic E-state index is -1.68. The van der Waals surface area contributed by atoms with Gasteiger partial charge < -0.3 is 10.6 Å². The average molecular weight is 398 g/mol. The maximum Gasteiger partial charge on any atom is 0.243 e. The van der Waals surface area contributed by atoms with Gasteiger partial charge in [-0.2, -0.15) is 0 Å². The van der Waals surface area contributed by atoms with Crippen molar-refractivity contribution in [2.24, 2.45) is 0 Å². The molecule has 0 saturated heterocycles. The van der Waals surface area contributed by atoms with Crippen molar-refractivity contribution in [2.45, 2.75) is 25.9 Å². The first kappa shape index (κ1) is 20.7. The molecule has 0 aliphatic heterocycles. The van der Waals surface area contributed by atoms with Gasteiger partial charge in [0.05, 0.1) is 18.0 Å². The van der Waals surface area contributed by atoms with E-state index in [2.05, 4.69) is 20.6 Å². The quantitative estimate of drug-likeness (QED) is 0.444. The van der Waals surface area contributed by atoms with E-state index in [9.17, 15) is 22.8 Å². The van der Waals surface area contributed by atoms with Gasteiger partial charge in [0, 0.05) is 11.4 Å². The highest BCUT2D eigenvalue weighted by atomic mass is 32.2. The molecule has 0 aliphatic rings. The number of nitrogens with one attached hydrogen (secondary N) is 2. The molecule has 1 aromatic carbocycles. The topological polar surface area (TPSA) is 84.0 Å². The van der Waals surface area contributed by atoms with E-state index in [0.29, 0.717) is 11.2 Å². The first-order chi connectivity index (χ1) is 12.7. The van der Waals surface area contributed by atoms with Gasteiger partial charge in [-0.15, -0.1) is 0 Å². The number of rotatable bonds is 6. The van der Waals surface area contributed by atoms with Crippen LogP contribution in [0.2, 0.25) is 0 Å². The van der Waals surface area contributed by atoms with E-state index in [1.165, 1.54) is 0 Å². The molecule has 1 aromatic heterocycles. The maximum absolute atomic E-state index is 13.5. The third kappa shape index (κ3) is 5.43. The average Bonchev–Trinajstić information content (AvgIpc) is 2.63. The molecule has 2 aromatic rings. The van der Waals surface area contributed by atoms with E-state index in [0.717, 1.165) is 34.8 Å². The van der Waals surface area contributed by atoms with Gasteiger partial charge in [-0.25, -0.2) is 23.1 Å². The van der Waals surface area contributed by atoms with Crippen molar-refractivity contribution in [1.29, 1.82) is 0 Å². The van der Waals surface area contributed by atoms with Crippen LogP contribution in [0.4, 0.5) is 18.9 Å². The zero-order valence-corrected chi connectivity index (χ0v) is 15.6. The molecule has 0 atom stereocenters. The highest BCUT2D eigenvalue weighted by molar-refractivity contribution is 7.99. The Morgan fingerprint density at radius 1 is 1.00 bits per heavy atom. The van der Waals surface area contributed by atoms with Crippen molar-refractivity contribution >= 4 is 29.3 Å². The molecule has 0 saturated carbocycles. The van der Waals surface area contributed by atoms with Gasteiger partial charge in [0.25, 0.3) is 0 Å². The summed E-state index contributed by atoms with van der Waals surface area (Å²) < 4.78 is 39.5. The summed E-state index contributed by atoms with van der Waals surface area (Å²) in [6.45, 7) is 5.14. The zero-order chi connectivity index (χ0) is 20.1. The number of aryl methyl sites for hydroxylation is 2. The summed E-state index contributed by atoms with van der Waals surface area (Å²) >= 11 is 1.11. The van der Waals surface area contributed by atoms with Crippen LogP contribution in [-0.2, 0) is 9.59 Å². The summed E-state index contributed by atoms with van der Waals surface area (Å²) in [5.74, 6) is -5.81. The molecule has 0 spiro atoms. The molecule has 0 bridgehead atoms. The lowest BCUT2D eigenvalue weighted by Crippen LogP contribution is -2.34. The Balaban J connectivity index is 1.83. The monoisotopic (exact) mass is 398 g/mol. The van der Waals surface area contributed by atoms with E-state index < -0.39 is 41.5 Å². The standard InChI is InChI=1S/C17H17F3N4O2S/c1-8-9(2)22-17(23-10(8)3)27-7-14(26)21-6-13(25)24-12-5-4-11(18)15(19)16(12)20/h4-5H,6-7H2,1-3H3,(H,21,26)(H,24,25).